The van der Waals surface area contributed by atoms with Gasteiger partial charge in [-0.3, -0.25) is 4.90 Å². The average molecular weight is 197 g/mol. The van der Waals surface area contributed by atoms with Gasteiger partial charge in [0.25, 0.3) is 0 Å². The van der Waals surface area contributed by atoms with E-state index in [1.807, 2.05) is 12.2 Å². The molecule has 0 aromatic rings. The number of rotatable bonds is 1. The Bertz CT molecular complexity index is 299. The minimum absolute atomic E-state index is 0.111. The quantitative estimate of drug-likeness (QED) is 0.448. The second-order valence-corrected chi connectivity index (χ2v) is 3.25. The highest BCUT2D eigenvalue weighted by atomic mass is 16.6. The maximum Gasteiger partial charge on any atom is 0.411 e. The van der Waals surface area contributed by atoms with E-state index in [0.717, 1.165) is 0 Å². The van der Waals surface area contributed by atoms with Crippen LogP contribution in [-0.4, -0.2) is 42.8 Å². The van der Waals surface area contributed by atoms with E-state index in [2.05, 4.69) is 4.74 Å². The highest BCUT2D eigenvalue weighted by molar-refractivity contribution is 5.83. The molecule has 0 aromatic carbocycles. The maximum absolute atomic E-state index is 11.3. The van der Waals surface area contributed by atoms with Crippen molar-refractivity contribution in [3.63, 3.8) is 0 Å². The smallest absolute Gasteiger partial charge is 0.411 e. The summed E-state index contributed by atoms with van der Waals surface area (Å²) >= 11 is 0. The van der Waals surface area contributed by atoms with Crippen LogP contribution >= 0.6 is 0 Å². The van der Waals surface area contributed by atoms with Crippen molar-refractivity contribution < 1.29 is 19.1 Å². The van der Waals surface area contributed by atoms with Crippen LogP contribution in [0, 0.1) is 0 Å². The number of esters is 1. The van der Waals surface area contributed by atoms with Gasteiger partial charge in [0.1, 0.15) is 12.6 Å². The minimum Gasteiger partial charge on any atom is -0.467 e. The van der Waals surface area contributed by atoms with Gasteiger partial charge in [-0.1, -0.05) is 12.2 Å². The maximum atomic E-state index is 11.3. The van der Waals surface area contributed by atoms with E-state index in [-0.39, 0.29) is 6.04 Å². The summed E-state index contributed by atoms with van der Waals surface area (Å²) in [5.74, 6) is -0.391. The lowest BCUT2D eigenvalue weighted by molar-refractivity contribution is -0.146. The molecule has 1 amide bonds. The molecule has 14 heavy (non-hydrogen) atoms. The van der Waals surface area contributed by atoms with Crippen molar-refractivity contribution in [2.75, 3.05) is 13.7 Å². The molecule has 0 spiro atoms. The molecule has 2 aliphatic rings. The molecule has 2 atom stereocenters. The number of hydrogen-bond donors (Lipinski definition) is 0. The highest BCUT2D eigenvalue weighted by Gasteiger charge is 2.42. The van der Waals surface area contributed by atoms with Gasteiger partial charge < -0.3 is 9.47 Å². The summed E-state index contributed by atoms with van der Waals surface area (Å²) in [6.45, 7) is 0.322. The van der Waals surface area contributed by atoms with Crippen LogP contribution in [0.4, 0.5) is 4.79 Å². The van der Waals surface area contributed by atoms with Crippen molar-refractivity contribution in [1.29, 1.82) is 0 Å². The van der Waals surface area contributed by atoms with Gasteiger partial charge in [0, 0.05) is 0 Å². The summed E-state index contributed by atoms with van der Waals surface area (Å²) in [7, 11) is 1.32. The van der Waals surface area contributed by atoms with Crippen molar-refractivity contribution in [2.45, 2.75) is 18.5 Å². The average Bonchev–Trinajstić information content (AvgIpc) is 2.59. The zero-order valence-electron chi connectivity index (χ0n) is 7.80. The van der Waals surface area contributed by atoms with Crippen molar-refractivity contribution in [3.8, 4) is 0 Å². The van der Waals surface area contributed by atoms with Gasteiger partial charge in [-0.05, 0) is 6.42 Å². The lowest BCUT2D eigenvalue weighted by Gasteiger charge is -2.29. The number of carbonyl (C=O) groups is 2. The van der Waals surface area contributed by atoms with Crippen molar-refractivity contribution >= 4 is 12.1 Å². The van der Waals surface area contributed by atoms with E-state index < -0.39 is 18.1 Å². The number of amides is 1. The Labute approximate surface area is 81.3 Å². The van der Waals surface area contributed by atoms with E-state index >= 15 is 0 Å². The Hall–Kier alpha value is -1.52. The Morgan fingerprint density at radius 3 is 3.21 bits per heavy atom. The topological polar surface area (TPSA) is 55.8 Å². The third-order valence-corrected chi connectivity index (χ3v) is 2.47. The summed E-state index contributed by atoms with van der Waals surface area (Å²) in [6.07, 6.45) is 3.82. The van der Waals surface area contributed by atoms with Crippen LogP contribution in [0.3, 0.4) is 0 Å². The van der Waals surface area contributed by atoms with Crippen LogP contribution in [0.25, 0.3) is 0 Å². The fourth-order valence-corrected chi connectivity index (χ4v) is 1.78. The molecule has 0 saturated carbocycles. The molecule has 2 aliphatic heterocycles. The van der Waals surface area contributed by atoms with Gasteiger partial charge in [0.05, 0.1) is 13.2 Å². The first-order valence-electron chi connectivity index (χ1n) is 4.43. The SMILES string of the molecule is COC(=O)[C@H]1CC=C[C@H]2COC(=O)N12. The summed E-state index contributed by atoms with van der Waals surface area (Å²) in [4.78, 5) is 24.1. The third kappa shape index (κ3) is 1.25. The summed E-state index contributed by atoms with van der Waals surface area (Å²) in [6, 6.07) is -0.634. The number of nitrogens with zero attached hydrogens (tertiary/aromatic N) is 1. The van der Waals surface area contributed by atoms with Crippen LogP contribution in [0.15, 0.2) is 12.2 Å². The molecule has 0 aliphatic carbocycles. The van der Waals surface area contributed by atoms with Gasteiger partial charge in [-0.15, -0.1) is 0 Å². The van der Waals surface area contributed by atoms with E-state index in [9.17, 15) is 9.59 Å². The molecule has 1 fully saturated rings. The van der Waals surface area contributed by atoms with E-state index in [1.54, 1.807) is 0 Å². The molecule has 76 valence electrons. The fourth-order valence-electron chi connectivity index (χ4n) is 1.78. The van der Waals surface area contributed by atoms with Crippen LogP contribution in [-0.2, 0) is 14.3 Å². The number of methoxy groups -OCH3 is 1. The van der Waals surface area contributed by atoms with E-state index in [0.29, 0.717) is 13.0 Å². The Kier molecular flexibility index (Phi) is 2.15. The zero-order valence-corrected chi connectivity index (χ0v) is 7.80. The molecule has 0 unspecified atom stereocenters. The van der Waals surface area contributed by atoms with Crippen LogP contribution in [0.1, 0.15) is 6.42 Å². The molecule has 0 N–H and O–H groups in total. The van der Waals surface area contributed by atoms with Crippen LogP contribution in [0.2, 0.25) is 0 Å². The van der Waals surface area contributed by atoms with Crippen molar-refractivity contribution in [3.05, 3.63) is 12.2 Å². The first-order chi connectivity index (χ1) is 6.74. The fraction of sp³-hybridized carbons (Fsp3) is 0.556. The van der Waals surface area contributed by atoms with Crippen LogP contribution < -0.4 is 0 Å². The molecule has 2 heterocycles. The molecule has 0 aromatic heterocycles. The van der Waals surface area contributed by atoms with Crippen LogP contribution in [0.5, 0.6) is 0 Å². The standard InChI is InChI=1S/C9H11NO4/c1-13-8(11)7-4-2-3-6-5-14-9(12)10(6)7/h2-3,6-7H,4-5H2,1H3/t6-,7+/m0/s1. The molecule has 0 bridgehead atoms. The number of ether oxygens (including phenoxy) is 2. The Morgan fingerprint density at radius 1 is 1.71 bits per heavy atom. The van der Waals surface area contributed by atoms with Gasteiger partial charge in [0.2, 0.25) is 0 Å². The second kappa shape index (κ2) is 3.32. The van der Waals surface area contributed by atoms with Crippen molar-refractivity contribution in [1.82, 2.24) is 4.90 Å². The number of carbonyl (C=O) groups excluding carboxylic acids is 2. The van der Waals surface area contributed by atoms with Gasteiger partial charge >= 0.3 is 12.1 Å². The Balaban J connectivity index is 2.22. The minimum atomic E-state index is -0.523. The highest BCUT2D eigenvalue weighted by Crippen LogP contribution is 2.24. The predicted octanol–water partition coefficient (Wildman–Crippen LogP) is 0.309. The molecule has 0 radical (unpaired) electrons. The molecule has 2 rings (SSSR count). The first-order valence-corrected chi connectivity index (χ1v) is 4.43. The van der Waals surface area contributed by atoms with Gasteiger partial charge in [-0.2, -0.15) is 0 Å². The first kappa shape index (κ1) is 9.05. The third-order valence-electron chi connectivity index (χ3n) is 2.47. The monoisotopic (exact) mass is 197 g/mol. The second-order valence-electron chi connectivity index (χ2n) is 3.25. The van der Waals surface area contributed by atoms with Crippen molar-refractivity contribution in [2.24, 2.45) is 0 Å². The van der Waals surface area contributed by atoms with E-state index in [1.165, 1.54) is 12.0 Å². The summed E-state index contributed by atoms with van der Waals surface area (Å²) in [5.41, 5.74) is 0. The molecule has 5 nitrogen and oxygen atoms in total. The molecular weight excluding hydrogens is 186 g/mol. The van der Waals surface area contributed by atoms with E-state index in [4.69, 9.17) is 4.74 Å². The molecular formula is C9H11NO4. The Morgan fingerprint density at radius 2 is 2.50 bits per heavy atom. The van der Waals surface area contributed by atoms with Gasteiger partial charge in [0.15, 0.2) is 0 Å². The number of hydrogen-bond acceptors (Lipinski definition) is 4. The van der Waals surface area contributed by atoms with Gasteiger partial charge in [-0.25, -0.2) is 9.59 Å². The molecule has 1 saturated heterocycles. The lowest BCUT2D eigenvalue weighted by Crippen LogP contribution is -2.48. The number of fused-ring (bicyclic) bond motifs is 1. The largest absolute Gasteiger partial charge is 0.467 e. The number of cyclic esters (lactones) is 1. The lowest BCUT2D eigenvalue weighted by atomic mass is 10.0. The zero-order chi connectivity index (χ0) is 10.1. The normalized spacial score (nSPS) is 29.8. The predicted molar refractivity (Wildman–Crippen MR) is 46.5 cm³/mol. The molecule has 5 heteroatoms. The summed E-state index contributed by atoms with van der Waals surface area (Å²) in [5, 5.41) is 0. The summed E-state index contributed by atoms with van der Waals surface area (Å²) < 4.78 is 9.48.